The predicted molar refractivity (Wildman–Crippen MR) is 80.8 cm³/mol. The van der Waals surface area contributed by atoms with Crippen LogP contribution in [0.4, 0.5) is 0 Å². The number of esters is 1. The third-order valence-electron chi connectivity index (χ3n) is 3.95. The highest BCUT2D eigenvalue weighted by Crippen LogP contribution is 2.20. The molecule has 1 aromatic rings. The number of carbonyl (C=O) groups is 1. The first-order valence-electron chi connectivity index (χ1n) is 7.77. The number of nitrogens with zero attached hydrogens (tertiary/aromatic N) is 1. The van der Waals surface area contributed by atoms with Gasteiger partial charge in [-0.3, -0.25) is 0 Å². The van der Waals surface area contributed by atoms with Gasteiger partial charge >= 0.3 is 5.97 Å². The van der Waals surface area contributed by atoms with Crippen molar-refractivity contribution < 1.29 is 9.53 Å². The van der Waals surface area contributed by atoms with E-state index >= 15 is 0 Å². The largest absolute Gasteiger partial charge is 0.462 e. The van der Waals surface area contributed by atoms with Gasteiger partial charge in [-0.15, -0.1) is 0 Å². The summed E-state index contributed by atoms with van der Waals surface area (Å²) in [7, 11) is 0. The maximum Gasteiger partial charge on any atom is 0.338 e. The van der Waals surface area contributed by atoms with E-state index in [2.05, 4.69) is 11.8 Å². The minimum absolute atomic E-state index is 0.205. The number of hydrogen-bond donors (Lipinski definition) is 0. The van der Waals surface area contributed by atoms with E-state index in [-0.39, 0.29) is 5.97 Å². The van der Waals surface area contributed by atoms with Crippen LogP contribution in [0.2, 0.25) is 0 Å². The van der Waals surface area contributed by atoms with Gasteiger partial charge in [0.25, 0.3) is 0 Å². The van der Waals surface area contributed by atoms with Crippen LogP contribution >= 0.6 is 0 Å². The first-order chi connectivity index (χ1) is 9.81. The van der Waals surface area contributed by atoms with Crippen LogP contribution in [0.15, 0.2) is 30.3 Å². The van der Waals surface area contributed by atoms with Crippen LogP contribution in [0.5, 0.6) is 0 Å². The summed E-state index contributed by atoms with van der Waals surface area (Å²) in [6.45, 7) is 5.11. The zero-order valence-electron chi connectivity index (χ0n) is 12.4. The van der Waals surface area contributed by atoms with Crippen molar-refractivity contribution in [3.63, 3.8) is 0 Å². The Balaban J connectivity index is 1.75. The van der Waals surface area contributed by atoms with Gasteiger partial charge in [-0.2, -0.15) is 0 Å². The normalized spacial score (nSPS) is 19.8. The Bertz CT molecular complexity index is 403. The van der Waals surface area contributed by atoms with Gasteiger partial charge in [-0.05, 0) is 50.9 Å². The molecule has 1 saturated heterocycles. The van der Waals surface area contributed by atoms with Crippen LogP contribution in [0.1, 0.15) is 49.4 Å². The number of ether oxygens (including phenoxy) is 1. The monoisotopic (exact) mass is 275 g/mol. The predicted octanol–water partition coefficient (Wildman–Crippen LogP) is 3.50. The lowest BCUT2D eigenvalue weighted by Gasteiger charge is -2.35. The van der Waals surface area contributed by atoms with Crippen LogP contribution in [-0.2, 0) is 4.74 Å². The second kappa shape index (κ2) is 8.05. The van der Waals surface area contributed by atoms with E-state index < -0.39 is 0 Å². The van der Waals surface area contributed by atoms with Crippen molar-refractivity contribution in [2.45, 2.75) is 45.1 Å². The van der Waals surface area contributed by atoms with E-state index in [4.69, 9.17) is 4.74 Å². The molecule has 20 heavy (non-hydrogen) atoms. The Labute approximate surface area is 121 Å². The van der Waals surface area contributed by atoms with Gasteiger partial charge in [0.2, 0.25) is 0 Å². The topological polar surface area (TPSA) is 29.5 Å². The van der Waals surface area contributed by atoms with Crippen molar-refractivity contribution in [3.05, 3.63) is 35.9 Å². The highest BCUT2D eigenvalue weighted by Gasteiger charge is 2.21. The number of likely N-dealkylation sites (tertiary alicyclic amines) is 1. The van der Waals surface area contributed by atoms with Crippen molar-refractivity contribution in [2.24, 2.45) is 0 Å². The van der Waals surface area contributed by atoms with Crippen molar-refractivity contribution in [1.82, 2.24) is 4.90 Å². The minimum Gasteiger partial charge on any atom is -0.462 e. The van der Waals surface area contributed by atoms with Crippen LogP contribution in [0, 0.1) is 0 Å². The average molecular weight is 275 g/mol. The Kier molecular flexibility index (Phi) is 6.06. The van der Waals surface area contributed by atoms with Crippen LogP contribution < -0.4 is 0 Å². The zero-order valence-corrected chi connectivity index (χ0v) is 12.4. The number of hydrogen-bond acceptors (Lipinski definition) is 3. The van der Waals surface area contributed by atoms with Crippen LogP contribution in [0.3, 0.4) is 0 Å². The van der Waals surface area contributed by atoms with Gasteiger partial charge in [0.05, 0.1) is 12.2 Å². The summed E-state index contributed by atoms with van der Waals surface area (Å²) in [4.78, 5) is 14.4. The molecule has 0 aromatic heterocycles. The molecule has 1 fully saturated rings. The number of rotatable bonds is 6. The lowest BCUT2D eigenvalue weighted by atomic mass is 9.99. The van der Waals surface area contributed by atoms with Crippen molar-refractivity contribution in [3.8, 4) is 0 Å². The fourth-order valence-corrected chi connectivity index (χ4v) is 2.91. The Morgan fingerprint density at radius 1 is 1.30 bits per heavy atom. The molecule has 0 radical (unpaired) electrons. The Morgan fingerprint density at radius 2 is 2.10 bits per heavy atom. The minimum atomic E-state index is -0.205. The molecule has 0 aliphatic carbocycles. The van der Waals surface area contributed by atoms with E-state index in [1.807, 2.05) is 18.2 Å². The van der Waals surface area contributed by atoms with E-state index in [0.717, 1.165) is 13.0 Å². The van der Waals surface area contributed by atoms with Gasteiger partial charge in [0, 0.05) is 6.04 Å². The smallest absolute Gasteiger partial charge is 0.338 e. The van der Waals surface area contributed by atoms with E-state index in [0.29, 0.717) is 18.2 Å². The molecule has 2 rings (SSSR count). The van der Waals surface area contributed by atoms with E-state index in [1.165, 1.54) is 32.2 Å². The zero-order chi connectivity index (χ0) is 14.2. The quantitative estimate of drug-likeness (QED) is 0.744. The molecule has 110 valence electrons. The molecule has 3 nitrogen and oxygen atoms in total. The first kappa shape index (κ1) is 15.0. The highest BCUT2D eigenvalue weighted by molar-refractivity contribution is 5.89. The molecule has 0 bridgehead atoms. The van der Waals surface area contributed by atoms with Crippen molar-refractivity contribution in [1.29, 1.82) is 0 Å². The molecule has 0 N–H and O–H groups in total. The lowest BCUT2D eigenvalue weighted by Crippen LogP contribution is -2.40. The molecular weight excluding hydrogens is 250 g/mol. The molecular formula is C17H25NO2. The summed E-state index contributed by atoms with van der Waals surface area (Å²) in [5, 5.41) is 0. The van der Waals surface area contributed by atoms with E-state index in [1.54, 1.807) is 12.1 Å². The summed E-state index contributed by atoms with van der Waals surface area (Å²) < 4.78 is 5.39. The fourth-order valence-electron chi connectivity index (χ4n) is 2.91. The molecule has 1 atom stereocenters. The SMILES string of the molecule is CCCN1CCCC[C@H]1CCOC(=O)c1ccccc1. The maximum atomic E-state index is 11.9. The molecule has 0 spiro atoms. The summed E-state index contributed by atoms with van der Waals surface area (Å²) >= 11 is 0. The van der Waals surface area contributed by atoms with Crippen molar-refractivity contribution in [2.75, 3.05) is 19.7 Å². The van der Waals surface area contributed by atoms with Gasteiger partial charge in [-0.25, -0.2) is 4.79 Å². The van der Waals surface area contributed by atoms with Crippen LogP contribution in [0.25, 0.3) is 0 Å². The summed E-state index contributed by atoms with van der Waals surface area (Å²) in [5.41, 5.74) is 0.640. The number of piperidine rings is 1. The van der Waals surface area contributed by atoms with Gasteiger partial charge in [0.1, 0.15) is 0 Å². The summed E-state index contributed by atoms with van der Waals surface area (Å²) in [5.74, 6) is -0.205. The molecule has 3 heteroatoms. The molecule has 0 unspecified atom stereocenters. The molecule has 1 aromatic carbocycles. The van der Waals surface area contributed by atoms with Crippen LogP contribution in [-0.4, -0.2) is 36.6 Å². The maximum absolute atomic E-state index is 11.9. The first-order valence-corrected chi connectivity index (χ1v) is 7.77. The standard InChI is InChI=1S/C17H25NO2/c1-2-12-18-13-7-6-10-16(18)11-14-20-17(19)15-8-4-3-5-9-15/h3-5,8-9,16H,2,6-7,10-14H2,1H3/t16-/m0/s1. The van der Waals surface area contributed by atoms with Gasteiger partial charge in [0.15, 0.2) is 0 Å². The average Bonchev–Trinajstić information content (AvgIpc) is 2.50. The summed E-state index contributed by atoms with van der Waals surface area (Å²) in [6, 6.07) is 9.81. The number of benzene rings is 1. The molecule has 0 saturated carbocycles. The molecule has 1 aliphatic heterocycles. The number of carbonyl (C=O) groups excluding carboxylic acids is 1. The van der Waals surface area contributed by atoms with Crippen molar-refractivity contribution >= 4 is 5.97 Å². The molecule has 1 heterocycles. The Hall–Kier alpha value is -1.35. The third-order valence-corrected chi connectivity index (χ3v) is 3.95. The second-order valence-electron chi connectivity index (χ2n) is 5.48. The van der Waals surface area contributed by atoms with Gasteiger partial charge in [-0.1, -0.05) is 31.5 Å². The molecule has 0 amide bonds. The Morgan fingerprint density at radius 3 is 2.85 bits per heavy atom. The highest BCUT2D eigenvalue weighted by atomic mass is 16.5. The lowest BCUT2D eigenvalue weighted by molar-refractivity contribution is 0.0433. The summed E-state index contributed by atoms with van der Waals surface area (Å²) in [6.07, 6.45) is 6.00. The van der Waals surface area contributed by atoms with Gasteiger partial charge < -0.3 is 9.64 Å². The van der Waals surface area contributed by atoms with E-state index in [9.17, 15) is 4.79 Å². The fraction of sp³-hybridized carbons (Fsp3) is 0.588. The molecule has 1 aliphatic rings. The second-order valence-corrected chi connectivity index (χ2v) is 5.48. The third kappa shape index (κ3) is 4.34.